The molecule has 1 aliphatic heterocycles. The predicted octanol–water partition coefficient (Wildman–Crippen LogP) is 2.96. The molecule has 0 amide bonds. The highest BCUT2D eigenvalue weighted by Crippen LogP contribution is 2.39. The molecule has 2 N–H and O–H groups in total. The summed E-state index contributed by atoms with van der Waals surface area (Å²) in [6, 6.07) is 4.07. The van der Waals surface area contributed by atoms with Gasteiger partial charge in [-0.1, -0.05) is 32.4 Å². The maximum absolute atomic E-state index is 9.17. The van der Waals surface area contributed by atoms with Gasteiger partial charge < -0.3 is 19.9 Å². The van der Waals surface area contributed by atoms with Gasteiger partial charge in [-0.15, -0.1) is 0 Å². The van der Waals surface area contributed by atoms with Crippen LogP contribution in [0.5, 0.6) is 11.5 Å². The van der Waals surface area contributed by atoms with E-state index in [9.17, 15) is 5.11 Å². The Labute approximate surface area is 125 Å². The fraction of sp³-hybridized carbons (Fsp3) is 0.600. The number of halogens is 1. The maximum atomic E-state index is 9.17. The smallest absolute Gasteiger partial charge is 0.231 e. The molecule has 1 atom stereocenters. The fourth-order valence-corrected chi connectivity index (χ4v) is 2.62. The Morgan fingerprint density at radius 2 is 2.10 bits per heavy atom. The van der Waals surface area contributed by atoms with E-state index in [2.05, 4.69) is 26.1 Å². The van der Waals surface area contributed by atoms with Gasteiger partial charge in [0.25, 0.3) is 0 Å². The van der Waals surface area contributed by atoms with E-state index < -0.39 is 0 Å². The highest BCUT2D eigenvalue weighted by atomic mass is 35.5. The van der Waals surface area contributed by atoms with Crippen LogP contribution in [-0.2, 0) is 6.54 Å². The number of aliphatic hydroxyl groups is 1. The molecule has 4 nitrogen and oxygen atoms in total. The van der Waals surface area contributed by atoms with Crippen molar-refractivity contribution < 1.29 is 14.6 Å². The van der Waals surface area contributed by atoms with Crippen LogP contribution < -0.4 is 14.8 Å². The molecule has 0 aliphatic carbocycles. The van der Waals surface area contributed by atoms with Crippen LogP contribution in [0.15, 0.2) is 12.1 Å². The van der Waals surface area contributed by atoms with Crippen LogP contribution in [0.3, 0.4) is 0 Å². The van der Waals surface area contributed by atoms with Crippen molar-refractivity contribution in [3.8, 4) is 11.5 Å². The molecule has 5 heteroatoms. The highest BCUT2D eigenvalue weighted by Gasteiger charge is 2.24. The number of hydrogen-bond acceptors (Lipinski definition) is 4. The van der Waals surface area contributed by atoms with Crippen molar-refractivity contribution in [2.24, 2.45) is 5.41 Å². The number of rotatable bonds is 5. The van der Waals surface area contributed by atoms with Crippen molar-refractivity contribution in [3.05, 3.63) is 22.7 Å². The monoisotopic (exact) mass is 299 g/mol. The van der Waals surface area contributed by atoms with Crippen molar-refractivity contribution in [1.29, 1.82) is 0 Å². The van der Waals surface area contributed by atoms with Crippen LogP contribution in [0.25, 0.3) is 0 Å². The number of ether oxygens (including phenoxy) is 2. The van der Waals surface area contributed by atoms with Crippen molar-refractivity contribution >= 4 is 11.6 Å². The quantitative estimate of drug-likeness (QED) is 0.878. The van der Waals surface area contributed by atoms with Gasteiger partial charge in [0.05, 0.1) is 5.02 Å². The van der Waals surface area contributed by atoms with Gasteiger partial charge in [0.1, 0.15) is 0 Å². The van der Waals surface area contributed by atoms with Gasteiger partial charge >= 0.3 is 0 Å². The summed E-state index contributed by atoms with van der Waals surface area (Å²) < 4.78 is 10.7. The SMILES string of the molecule is CC(C)(C)C(CCO)NCc1cc(Cl)c2c(c1)OCO2. The highest BCUT2D eigenvalue weighted by molar-refractivity contribution is 6.32. The first kappa shape index (κ1) is 15.4. The number of aliphatic hydroxyl groups excluding tert-OH is 1. The number of hydrogen-bond donors (Lipinski definition) is 2. The third kappa shape index (κ3) is 3.57. The molecule has 0 fully saturated rings. The van der Waals surface area contributed by atoms with Crippen LogP contribution in [-0.4, -0.2) is 24.5 Å². The minimum Gasteiger partial charge on any atom is -0.454 e. The van der Waals surface area contributed by atoms with Crippen molar-refractivity contribution in [2.45, 2.75) is 39.8 Å². The molecule has 1 aliphatic rings. The maximum Gasteiger partial charge on any atom is 0.231 e. The molecule has 0 radical (unpaired) electrons. The molecule has 0 bridgehead atoms. The van der Waals surface area contributed by atoms with Crippen LogP contribution in [0.1, 0.15) is 32.8 Å². The molecule has 0 aromatic heterocycles. The number of benzene rings is 1. The van der Waals surface area contributed by atoms with E-state index >= 15 is 0 Å². The first-order chi connectivity index (χ1) is 9.41. The lowest BCUT2D eigenvalue weighted by Gasteiger charge is -2.31. The zero-order valence-corrected chi connectivity index (χ0v) is 13.0. The topological polar surface area (TPSA) is 50.7 Å². The summed E-state index contributed by atoms with van der Waals surface area (Å²) in [5.74, 6) is 1.32. The van der Waals surface area contributed by atoms with Crippen LogP contribution in [0.4, 0.5) is 0 Å². The third-order valence-corrected chi connectivity index (χ3v) is 3.78. The first-order valence-electron chi connectivity index (χ1n) is 6.84. The summed E-state index contributed by atoms with van der Waals surface area (Å²) in [5, 5.41) is 13.2. The fourth-order valence-electron chi connectivity index (χ4n) is 2.33. The lowest BCUT2D eigenvalue weighted by Crippen LogP contribution is -2.40. The van der Waals surface area contributed by atoms with Gasteiger partial charge in [0.2, 0.25) is 6.79 Å². The van der Waals surface area contributed by atoms with Crippen molar-refractivity contribution in [1.82, 2.24) is 5.32 Å². The van der Waals surface area contributed by atoms with Crippen molar-refractivity contribution in [2.75, 3.05) is 13.4 Å². The molecule has 0 saturated heterocycles. The standard InChI is InChI=1S/C15H22ClNO3/c1-15(2,3)13(4-5-18)17-8-10-6-11(16)14-12(7-10)19-9-20-14/h6-7,13,17-18H,4-5,8-9H2,1-3H3. The molecule has 0 saturated carbocycles. The van der Waals surface area contributed by atoms with Gasteiger partial charge in [-0.25, -0.2) is 0 Å². The van der Waals surface area contributed by atoms with Crippen LogP contribution in [0, 0.1) is 5.41 Å². The summed E-state index contributed by atoms with van der Waals surface area (Å²) in [6.45, 7) is 7.56. The minimum atomic E-state index is 0.0862. The van der Waals surface area contributed by atoms with Gasteiger partial charge in [0.15, 0.2) is 11.5 Å². The summed E-state index contributed by atoms with van der Waals surface area (Å²) in [5.41, 5.74) is 1.13. The Hall–Kier alpha value is -0.970. The molecule has 2 rings (SSSR count). The molecule has 1 aromatic rings. The third-order valence-electron chi connectivity index (χ3n) is 3.50. The zero-order valence-electron chi connectivity index (χ0n) is 12.2. The average molecular weight is 300 g/mol. The molecule has 20 heavy (non-hydrogen) atoms. The van der Waals surface area contributed by atoms with E-state index in [4.69, 9.17) is 21.1 Å². The average Bonchev–Trinajstić information content (AvgIpc) is 2.81. The number of nitrogens with one attached hydrogen (secondary N) is 1. The van der Waals surface area contributed by atoms with E-state index in [1.807, 2.05) is 12.1 Å². The molecular formula is C15H22ClNO3. The Morgan fingerprint density at radius 3 is 2.75 bits per heavy atom. The Morgan fingerprint density at radius 1 is 1.35 bits per heavy atom. The molecule has 1 unspecified atom stereocenters. The second-order valence-corrected chi connectivity index (χ2v) is 6.53. The first-order valence-corrected chi connectivity index (χ1v) is 7.22. The van der Waals surface area contributed by atoms with Crippen LogP contribution in [0.2, 0.25) is 5.02 Å². The van der Waals surface area contributed by atoms with E-state index in [0.29, 0.717) is 23.1 Å². The van der Waals surface area contributed by atoms with Gasteiger partial charge in [0, 0.05) is 19.2 Å². The van der Waals surface area contributed by atoms with E-state index in [-0.39, 0.29) is 24.9 Å². The number of fused-ring (bicyclic) bond motifs is 1. The summed E-state index contributed by atoms with van der Waals surface area (Å²) in [4.78, 5) is 0. The minimum absolute atomic E-state index is 0.0862. The Balaban J connectivity index is 2.05. The second-order valence-electron chi connectivity index (χ2n) is 6.12. The Bertz CT molecular complexity index is 471. The lowest BCUT2D eigenvalue weighted by atomic mass is 9.85. The molecule has 112 valence electrons. The van der Waals surface area contributed by atoms with E-state index in [1.165, 1.54) is 0 Å². The largest absolute Gasteiger partial charge is 0.454 e. The molecule has 0 spiro atoms. The van der Waals surface area contributed by atoms with Gasteiger partial charge in [-0.05, 0) is 29.5 Å². The molecule has 1 aromatic carbocycles. The van der Waals surface area contributed by atoms with E-state index in [1.54, 1.807) is 0 Å². The van der Waals surface area contributed by atoms with E-state index in [0.717, 1.165) is 12.0 Å². The zero-order chi connectivity index (χ0) is 14.8. The van der Waals surface area contributed by atoms with Gasteiger partial charge in [-0.3, -0.25) is 0 Å². The Kier molecular flexibility index (Phi) is 4.78. The van der Waals surface area contributed by atoms with Gasteiger partial charge in [-0.2, -0.15) is 0 Å². The summed E-state index contributed by atoms with van der Waals surface area (Å²) in [6.07, 6.45) is 0.724. The predicted molar refractivity (Wildman–Crippen MR) is 79.4 cm³/mol. The van der Waals surface area contributed by atoms with Crippen molar-refractivity contribution in [3.63, 3.8) is 0 Å². The normalized spacial score (nSPS) is 15.4. The lowest BCUT2D eigenvalue weighted by molar-refractivity contribution is 0.174. The van der Waals surface area contributed by atoms with Crippen LogP contribution >= 0.6 is 11.6 Å². The molecule has 1 heterocycles. The summed E-state index contributed by atoms with van der Waals surface area (Å²) >= 11 is 6.17. The summed E-state index contributed by atoms with van der Waals surface area (Å²) in [7, 11) is 0. The molecular weight excluding hydrogens is 278 g/mol. The second kappa shape index (κ2) is 6.20.